The van der Waals surface area contributed by atoms with E-state index in [1.54, 1.807) is 0 Å². The third kappa shape index (κ3) is 9.20. The summed E-state index contributed by atoms with van der Waals surface area (Å²) in [6, 6.07) is 114. The van der Waals surface area contributed by atoms with Crippen LogP contribution in [0.1, 0.15) is 50.7 Å². The largest absolute Gasteiger partial charge is 0.456 e. The molecule has 14 aromatic carbocycles. The van der Waals surface area contributed by atoms with Crippen molar-refractivity contribution in [3.8, 4) is 77.9 Å². The van der Waals surface area contributed by atoms with Gasteiger partial charge >= 0.3 is 0 Å². The normalized spacial score (nSPS) is 12.5. The van der Waals surface area contributed by atoms with E-state index in [-0.39, 0.29) is 11.8 Å². The number of hydrogen-bond donors (Lipinski definition) is 0. The van der Waals surface area contributed by atoms with Crippen LogP contribution in [0.4, 0.5) is 34.1 Å². The van der Waals surface area contributed by atoms with Crippen LogP contribution in [0.25, 0.3) is 122 Å². The molecule has 4 heterocycles. The standard InChI is InChI=1S/C90H65BN2O2/c1-56(2)66-47-67(57(3)4)49-68(48-66)69-52-78-86-79(53-69)93(77-46-44-65(59-29-13-6-14-30-59)51-73(77)61-33-17-8-18-34-61)81-55-75(63-37-21-10-22-38-63)85-71-40-24-26-42-83(71)95-90(85)88(81)91(86)87-80(54-74(62-35-19-9-20-36-62)84-70-39-23-25-41-82(70)94-89(84)87)92(78)76-45-43-64(58-27-11-5-12-28-58)50-72(76)60-31-15-7-16-32-60/h5-57H,1-4H3. The van der Waals surface area contributed by atoms with Crippen LogP contribution >= 0.6 is 0 Å². The topological polar surface area (TPSA) is 32.8 Å². The van der Waals surface area contributed by atoms with Crippen LogP contribution in [0.2, 0.25) is 0 Å². The summed E-state index contributed by atoms with van der Waals surface area (Å²) in [5.74, 6) is 0.580. The fourth-order valence-electron chi connectivity index (χ4n) is 15.4. The van der Waals surface area contributed by atoms with Gasteiger partial charge in [-0.15, -0.1) is 0 Å². The summed E-state index contributed by atoms with van der Waals surface area (Å²) < 4.78 is 15.4. The first-order valence-corrected chi connectivity index (χ1v) is 33.3. The molecule has 0 N–H and O–H groups in total. The zero-order valence-electron chi connectivity index (χ0n) is 53.4. The summed E-state index contributed by atoms with van der Waals surface area (Å²) in [5, 5.41) is 4.29. The van der Waals surface area contributed by atoms with Gasteiger partial charge < -0.3 is 18.6 Å². The third-order valence-electron chi connectivity index (χ3n) is 20.0. The highest BCUT2D eigenvalue weighted by atomic mass is 16.3. The molecule has 95 heavy (non-hydrogen) atoms. The highest BCUT2D eigenvalue weighted by Gasteiger charge is 2.49. The summed E-state index contributed by atoms with van der Waals surface area (Å²) in [4.78, 5) is 5.24. The molecule has 2 aliphatic rings. The molecule has 0 radical (unpaired) electrons. The number of hydrogen-bond acceptors (Lipinski definition) is 4. The highest BCUT2D eigenvalue weighted by Crippen LogP contribution is 2.55. The maximum absolute atomic E-state index is 7.72. The lowest BCUT2D eigenvalue weighted by molar-refractivity contribution is 0.671. The van der Waals surface area contributed by atoms with Crippen molar-refractivity contribution in [1.29, 1.82) is 0 Å². The molecule has 4 nitrogen and oxygen atoms in total. The molecule has 0 atom stereocenters. The number of para-hydroxylation sites is 2. The molecule has 2 aromatic heterocycles. The summed E-state index contributed by atoms with van der Waals surface area (Å²) in [6.45, 7) is 8.84. The van der Waals surface area contributed by atoms with Crippen molar-refractivity contribution in [2.75, 3.05) is 9.80 Å². The molecule has 0 spiro atoms. The number of furan rings is 2. The summed E-state index contributed by atoms with van der Waals surface area (Å²) >= 11 is 0. The van der Waals surface area contributed by atoms with Crippen LogP contribution in [0.15, 0.2) is 318 Å². The average molecular weight is 1220 g/mol. The molecular formula is C90H65BN2O2. The molecule has 0 bridgehead atoms. The Morgan fingerprint density at radius 1 is 0.253 bits per heavy atom. The van der Waals surface area contributed by atoms with Gasteiger partial charge in [0.25, 0.3) is 6.71 Å². The van der Waals surface area contributed by atoms with Crippen LogP contribution < -0.4 is 26.2 Å². The van der Waals surface area contributed by atoms with E-state index in [4.69, 9.17) is 8.83 Å². The molecule has 18 rings (SSSR count). The number of nitrogens with zero attached hydrogens (tertiary/aromatic N) is 2. The molecule has 0 amide bonds. The monoisotopic (exact) mass is 1220 g/mol. The zero-order valence-corrected chi connectivity index (χ0v) is 53.4. The summed E-state index contributed by atoms with van der Waals surface area (Å²) in [7, 11) is 0. The zero-order chi connectivity index (χ0) is 63.4. The van der Waals surface area contributed by atoms with Crippen molar-refractivity contribution in [3.05, 3.63) is 321 Å². The van der Waals surface area contributed by atoms with E-state index in [9.17, 15) is 0 Å². The van der Waals surface area contributed by atoms with Crippen molar-refractivity contribution in [2.45, 2.75) is 39.5 Å². The first kappa shape index (κ1) is 56.1. The van der Waals surface area contributed by atoms with Crippen molar-refractivity contribution < 1.29 is 8.83 Å². The van der Waals surface area contributed by atoms with E-state index in [0.29, 0.717) is 0 Å². The van der Waals surface area contributed by atoms with Gasteiger partial charge in [-0.3, -0.25) is 0 Å². The van der Waals surface area contributed by atoms with E-state index in [1.807, 2.05) is 0 Å². The Bertz CT molecular complexity index is 5320. The Balaban J connectivity index is 1.07. The lowest BCUT2D eigenvalue weighted by Gasteiger charge is -2.45. The predicted octanol–water partition coefficient (Wildman–Crippen LogP) is 23.5. The van der Waals surface area contributed by atoms with Crippen molar-refractivity contribution in [1.82, 2.24) is 0 Å². The second-order valence-electron chi connectivity index (χ2n) is 26.2. The van der Waals surface area contributed by atoms with Crippen LogP contribution in [0, 0.1) is 0 Å². The van der Waals surface area contributed by atoms with E-state index in [0.717, 1.165) is 167 Å². The first-order chi connectivity index (χ1) is 46.8. The predicted molar refractivity (Wildman–Crippen MR) is 401 cm³/mol. The van der Waals surface area contributed by atoms with Gasteiger partial charge in [0.2, 0.25) is 0 Å². The van der Waals surface area contributed by atoms with Gasteiger partial charge in [0, 0.05) is 55.4 Å². The molecule has 0 aliphatic carbocycles. The maximum atomic E-state index is 7.72. The van der Waals surface area contributed by atoms with Gasteiger partial charge in [0.05, 0.1) is 11.4 Å². The van der Waals surface area contributed by atoms with Gasteiger partial charge in [0.15, 0.2) is 0 Å². The van der Waals surface area contributed by atoms with Crippen LogP contribution in [0.5, 0.6) is 0 Å². The fourth-order valence-corrected chi connectivity index (χ4v) is 15.4. The second-order valence-corrected chi connectivity index (χ2v) is 26.2. The lowest BCUT2D eigenvalue weighted by Crippen LogP contribution is -2.61. The van der Waals surface area contributed by atoms with Crippen LogP contribution in [-0.2, 0) is 0 Å². The van der Waals surface area contributed by atoms with E-state index < -0.39 is 6.71 Å². The minimum atomic E-state index is -0.451. The van der Waals surface area contributed by atoms with Crippen molar-refractivity contribution >= 4 is 101 Å². The third-order valence-corrected chi connectivity index (χ3v) is 20.0. The smallest absolute Gasteiger partial charge is 0.261 e. The molecule has 5 heteroatoms. The second kappa shape index (κ2) is 22.6. The Hall–Kier alpha value is -11.7. The van der Waals surface area contributed by atoms with Crippen LogP contribution in [0.3, 0.4) is 0 Å². The van der Waals surface area contributed by atoms with Gasteiger partial charge in [-0.25, -0.2) is 0 Å². The first-order valence-electron chi connectivity index (χ1n) is 33.3. The Morgan fingerprint density at radius 2 is 0.579 bits per heavy atom. The van der Waals surface area contributed by atoms with Gasteiger partial charge in [0.1, 0.15) is 22.3 Å². The number of fused-ring (bicyclic) bond motifs is 12. The van der Waals surface area contributed by atoms with Gasteiger partial charge in [-0.1, -0.05) is 276 Å². The van der Waals surface area contributed by atoms with Crippen molar-refractivity contribution in [3.63, 3.8) is 0 Å². The number of benzene rings is 14. The lowest BCUT2D eigenvalue weighted by atomic mass is 9.33. The molecular weight excluding hydrogens is 1150 g/mol. The molecule has 16 aromatic rings. The summed E-state index contributed by atoms with van der Waals surface area (Å²) in [5.41, 5.74) is 31.3. The van der Waals surface area contributed by atoms with Crippen LogP contribution in [-0.4, -0.2) is 6.71 Å². The van der Waals surface area contributed by atoms with Gasteiger partial charge in [-0.05, 0) is 167 Å². The fraction of sp³-hybridized carbons (Fsp3) is 0.0667. The molecule has 0 saturated carbocycles. The quantitative estimate of drug-likeness (QED) is 0.121. The molecule has 2 aliphatic heterocycles. The molecule has 0 unspecified atom stereocenters. The highest BCUT2D eigenvalue weighted by molar-refractivity contribution is 7.03. The minimum Gasteiger partial charge on any atom is -0.456 e. The van der Waals surface area contributed by atoms with E-state index in [2.05, 4.69) is 347 Å². The number of anilines is 6. The van der Waals surface area contributed by atoms with Crippen molar-refractivity contribution in [2.24, 2.45) is 0 Å². The Morgan fingerprint density at radius 3 is 0.958 bits per heavy atom. The summed E-state index contributed by atoms with van der Waals surface area (Å²) in [6.07, 6.45) is 0. The maximum Gasteiger partial charge on any atom is 0.261 e. The Labute approximate surface area is 554 Å². The minimum absolute atomic E-state index is 0.290. The molecule has 450 valence electrons. The van der Waals surface area contributed by atoms with E-state index >= 15 is 0 Å². The van der Waals surface area contributed by atoms with E-state index in [1.165, 1.54) is 16.7 Å². The number of rotatable bonds is 11. The molecule has 0 fully saturated rings. The molecule has 0 saturated heterocycles. The Kier molecular flexibility index (Phi) is 13.3. The SMILES string of the molecule is CC(C)c1cc(-c2cc3c4c(c2)N(c2ccc(-c5ccccc5)cc2-c2ccccc2)c2cc(-c5ccccc5)c5c(oc6ccccc65)c2B4c2c(cc(-c4ccccc4)c4c2oc2ccccc24)N3c2ccc(-c3ccccc3)cc2-c2ccccc2)cc(C(C)C)c1. The van der Waals surface area contributed by atoms with Gasteiger partial charge in [-0.2, -0.15) is 0 Å². The average Bonchev–Trinajstić information content (AvgIpc) is 1.67.